The number of rotatable bonds is 47. The summed E-state index contributed by atoms with van der Waals surface area (Å²) in [5.74, 6) is -3.09. The van der Waals surface area contributed by atoms with Gasteiger partial charge in [0, 0.05) is 6.08 Å². The van der Waals surface area contributed by atoms with Gasteiger partial charge < -0.3 is 14.9 Å². The zero-order chi connectivity index (χ0) is 54.7. The maximum Gasteiger partial charge on any atom is 0.332 e. The maximum absolute atomic E-state index is 13.8. The van der Waals surface area contributed by atoms with Gasteiger partial charge in [0.1, 0.15) is 6.10 Å². The van der Waals surface area contributed by atoms with E-state index in [0.29, 0.717) is 0 Å². The summed E-state index contributed by atoms with van der Waals surface area (Å²) in [4.78, 5) is 40.8. The largest absolute Gasteiger partial charge is 0.436 e. The monoisotopic (exact) mass is 1020 g/mol. The zero-order valence-electron chi connectivity index (χ0n) is 46.6. The second kappa shape index (κ2) is 55.8. The number of esters is 1. The van der Waals surface area contributed by atoms with E-state index in [4.69, 9.17) is 4.74 Å². The lowest BCUT2D eigenvalue weighted by atomic mass is 9.86. The van der Waals surface area contributed by atoms with E-state index < -0.39 is 35.8 Å². The Kier molecular flexibility index (Phi) is 51.4. The average molecular weight is 1020 g/mol. The van der Waals surface area contributed by atoms with Crippen LogP contribution in [0.4, 0.5) is 0 Å². The van der Waals surface area contributed by atoms with Gasteiger partial charge in [-0.2, -0.15) is 0 Å². The molecule has 0 bridgehead atoms. The predicted molar refractivity (Wildman–Crippen MR) is 324 cm³/mol. The summed E-state index contributed by atoms with van der Waals surface area (Å²) in [6.07, 6.45) is 92.4. The number of carbonyl (C=O) groups excluding carboxylic acids is 3. The summed E-state index contributed by atoms with van der Waals surface area (Å²) in [5, 5.41) is 21.1. The Morgan fingerprint density at radius 3 is 0.827 bits per heavy atom. The van der Waals surface area contributed by atoms with Crippen molar-refractivity contribution >= 4 is 17.5 Å². The molecule has 1 atom stereocenters. The minimum atomic E-state index is -2.75. The molecule has 0 aliphatic heterocycles. The molecule has 6 nitrogen and oxygen atoms in total. The number of hydrogen-bond acceptors (Lipinski definition) is 6. The number of aliphatic hydroxyl groups excluding tert-OH is 2. The Bertz CT molecular complexity index is 1900. The van der Waals surface area contributed by atoms with Crippen LogP contribution in [0, 0.1) is 0 Å². The molecule has 0 rings (SSSR count). The number of unbranched alkanes of at least 4 members (excludes halogenated alkanes) is 21. The van der Waals surface area contributed by atoms with Gasteiger partial charge in [-0.1, -0.05) is 337 Å². The number of allylic oxidation sites excluding steroid dienone is 33. The van der Waals surface area contributed by atoms with E-state index in [1.54, 1.807) is 54.7 Å². The van der Waals surface area contributed by atoms with Crippen LogP contribution in [0.25, 0.3) is 0 Å². The minimum absolute atomic E-state index is 1.02. The quantitative estimate of drug-likeness (QED) is 0.0207. The van der Waals surface area contributed by atoms with Crippen molar-refractivity contribution < 1.29 is 29.3 Å². The topological polar surface area (TPSA) is 101 Å². The van der Waals surface area contributed by atoms with E-state index in [0.717, 1.165) is 37.5 Å². The van der Waals surface area contributed by atoms with Crippen LogP contribution in [0.15, 0.2) is 219 Å². The molecule has 0 saturated carbocycles. The van der Waals surface area contributed by atoms with E-state index in [-0.39, 0.29) is 0 Å². The molecule has 0 heterocycles. The first-order valence-corrected chi connectivity index (χ1v) is 28.5. The fourth-order valence-electron chi connectivity index (χ4n) is 7.33. The molecule has 0 aliphatic rings. The van der Waals surface area contributed by atoms with Gasteiger partial charge >= 0.3 is 5.97 Å². The van der Waals surface area contributed by atoms with Crippen LogP contribution in [-0.2, 0) is 19.1 Å². The summed E-state index contributed by atoms with van der Waals surface area (Å²) >= 11 is 0. The molecule has 0 aromatic carbocycles. The molecule has 0 spiro atoms. The van der Waals surface area contributed by atoms with Crippen molar-refractivity contribution in [2.75, 3.05) is 6.61 Å². The van der Waals surface area contributed by atoms with Crippen LogP contribution in [0.2, 0.25) is 0 Å². The third-order valence-electron chi connectivity index (χ3n) is 11.7. The highest BCUT2D eigenvalue weighted by Crippen LogP contribution is 2.23. The highest BCUT2D eigenvalue weighted by atomic mass is 16.6. The Hall–Kier alpha value is -5.95. The van der Waals surface area contributed by atoms with E-state index in [1.807, 2.05) is 91.1 Å². The highest BCUT2D eigenvalue weighted by molar-refractivity contribution is 6.20. The first kappa shape index (κ1) is 69.0. The lowest BCUT2D eigenvalue weighted by molar-refractivity contribution is -0.180. The number of hydrogen-bond donors (Lipinski definition) is 2. The van der Waals surface area contributed by atoms with Crippen LogP contribution in [0.1, 0.15) is 175 Å². The molecule has 0 radical (unpaired) electrons. The summed E-state index contributed by atoms with van der Waals surface area (Å²) in [6.45, 7) is 5.70. The molecule has 2 N–H and O–H groups in total. The van der Waals surface area contributed by atoms with Gasteiger partial charge in [0.05, 0.1) is 6.61 Å². The van der Waals surface area contributed by atoms with Crippen molar-refractivity contribution in [3.8, 4) is 0 Å². The molecule has 0 amide bonds. The van der Waals surface area contributed by atoms with Crippen molar-refractivity contribution in [1.82, 2.24) is 0 Å². The summed E-state index contributed by atoms with van der Waals surface area (Å²) < 4.78 is 5.50. The van der Waals surface area contributed by atoms with Gasteiger partial charge in [-0.3, -0.25) is 9.59 Å². The molecular formula is C69H98O6. The first-order valence-electron chi connectivity index (χ1n) is 28.5. The van der Waals surface area contributed by atoms with Crippen LogP contribution >= 0.6 is 0 Å². The molecule has 0 fully saturated rings. The number of ether oxygens (including phenoxy) is 1. The van der Waals surface area contributed by atoms with Crippen molar-refractivity contribution in [3.63, 3.8) is 0 Å². The fraction of sp³-hybridized carbons (Fsp3) is 0.435. The Balaban J connectivity index is 5.68. The van der Waals surface area contributed by atoms with E-state index in [9.17, 15) is 24.6 Å². The van der Waals surface area contributed by atoms with Crippen molar-refractivity contribution in [3.05, 3.63) is 219 Å². The average Bonchev–Trinajstić information content (AvgIpc) is 3.41. The second-order valence-electron chi connectivity index (χ2n) is 18.3. The smallest absolute Gasteiger partial charge is 0.332 e. The van der Waals surface area contributed by atoms with E-state index in [1.165, 1.54) is 153 Å². The fourth-order valence-corrected chi connectivity index (χ4v) is 7.33. The molecule has 6 heteroatoms. The van der Waals surface area contributed by atoms with Gasteiger partial charge in [-0.05, 0) is 50.7 Å². The van der Waals surface area contributed by atoms with E-state index >= 15 is 0 Å². The molecule has 1 unspecified atom stereocenters. The standard InChI is InChI=1S/C69H98O6/c1-4-7-10-13-16-19-22-25-28-31-34-37-40-43-46-49-52-55-58-61-65(71)69(67(73)64-70,66(72)62-59-56-53-50-47-44-41-38-35-32-29-26-23-20-17-14-11-8-5-2)75-68(74)63-60-57-54-51-48-45-42-39-36-33-30-27-24-21-18-15-12-9-6-3/h28-63,67,70,73H,4-27,64H2,1-3H3. The molecule has 0 aromatic heterocycles. The van der Waals surface area contributed by atoms with E-state index in [2.05, 4.69) is 57.2 Å². The predicted octanol–water partition coefficient (Wildman–Crippen LogP) is 18.2. The summed E-state index contributed by atoms with van der Waals surface area (Å²) in [6, 6.07) is 0. The SMILES string of the molecule is CCCCCCCCCC=CC=CC=CC=CC=CC=CC(=O)OC(C(=O)C=CC=CC=CC=CC=CC=CCCCCCCCCC)(C(=O)C=CC=CC=CC=CC=CC=CCCCCCCCCC)C(O)CO. The molecule has 410 valence electrons. The normalized spacial score (nSPS) is 14.8. The lowest BCUT2D eigenvalue weighted by Crippen LogP contribution is -2.59. The molecule has 0 aromatic rings. The first-order chi connectivity index (χ1) is 36.9. The Morgan fingerprint density at radius 2 is 0.560 bits per heavy atom. The van der Waals surface area contributed by atoms with Crippen molar-refractivity contribution in [2.45, 2.75) is 187 Å². The molecular weight excluding hydrogens is 925 g/mol. The van der Waals surface area contributed by atoms with Crippen LogP contribution in [0.3, 0.4) is 0 Å². The number of ketones is 2. The summed E-state index contributed by atoms with van der Waals surface area (Å²) in [5.41, 5.74) is -2.75. The Morgan fingerprint density at radius 1 is 0.333 bits per heavy atom. The van der Waals surface area contributed by atoms with Crippen LogP contribution in [-0.4, -0.2) is 46.1 Å². The summed E-state index contributed by atoms with van der Waals surface area (Å²) in [7, 11) is 0. The number of aliphatic hydroxyl groups is 2. The third-order valence-corrected chi connectivity index (χ3v) is 11.7. The lowest BCUT2D eigenvalue weighted by Gasteiger charge is -2.31. The third kappa shape index (κ3) is 44.1. The van der Waals surface area contributed by atoms with Crippen molar-refractivity contribution in [1.29, 1.82) is 0 Å². The van der Waals surface area contributed by atoms with Crippen LogP contribution in [0.5, 0.6) is 0 Å². The molecule has 0 aliphatic carbocycles. The molecule has 75 heavy (non-hydrogen) atoms. The Labute approximate surface area is 456 Å². The number of carbonyl (C=O) groups is 3. The van der Waals surface area contributed by atoms with Gasteiger partial charge in [0.25, 0.3) is 5.60 Å². The van der Waals surface area contributed by atoms with Crippen LogP contribution < -0.4 is 0 Å². The van der Waals surface area contributed by atoms with Gasteiger partial charge in [-0.15, -0.1) is 0 Å². The van der Waals surface area contributed by atoms with Gasteiger partial charge in [0.15, 0.2) is 0 Å². The molecule has 0 saturated heterocycles. The zero-order valence-corrected chi connectivity index (χ0v) is 46.6. The van der Waals surface area contributed by atoms with Crippen molar-refractivity contribution in [2.24, 2.45) is 0 Å². The second-order valence-corrected chi connectivity index (χ2v) is 18.3. The van der Waals surface area contributed by atoms with Gasteiger partial charge in [-0.25, -0.2) is 4.79 Å². The minimum Gasteiger partial charge on any atom is -0.436 e. The maximum atomic E-state index is 13.8. The highest BCUT2D eigenvalue weighted by Gasteiger charge is 2.52. The van der Waals surface area contributed by atoms with Gasteiger partial charge in [0.2, 0.25) is 11.6 Å².